The molecule has 0 N–H and O–H groups in total. The van der Waals surface area contributed by atoms with Crippen molar-refractivity contribution in [2.24, 2.45) is 0 Å². The van der Waals surface area contributed by atoms with E-state index in [9.17, 15) is 4.79 Å². The summed E-state index contributed by atoms with van der Waals surface area (Å²) in [6.07, 6.45) is 8.14. The van der Waals surface area contributed by atoms with Crippen LogP contribution in [0.1, 0.15) is 50.0 Å². The minimum absolute atomic E-state index is 0.0389. The fourth-order valence-corrected chi connectivity index (χ4v) is 3.85. The molecule has 0 atom stereocenters. The van der Waals surface area contributed by atoms with E-state index in [0.29, 0.717) is 6.42 Å². The first-order valence-electron chi connectivity index (χ1n) is 7.85. The molecule has 0 amide bonds. The topological polar surface area (TPSA) is 39.2 Å². The van der Waals surface area contributed by atoms with Crippen LogP contribution in [0.2, 0.25) is 0 Å². The summed E-state index contributed by atoms with van der Waals surface area (Å²) >= 11 is 1.72. The highest BCUT2D eigenvalue weighted by Gasteiger charge is 2.17. The van der Waals surface area contributed by atoms with Gasteiger partial charge in [-0.05, 0) is 50.7 Å². The number of hydrogen-bond donors (Lipinski definition) is 0. The van der Waals surface area contributed by atoms with E-state index in [4.69, 9.17) is 4.74 Å². The zero-order chi connectivity index (χ0) is 14.5. The summed E-state index contributed by atoms with van der Waals surface area (Å²) < 4.78 is 6.75. The SMILES string of the molecule is O=C(CCCc1nc2ccccc2s1)OC1CCCCC1. The van der Waals surface area contributed by atoms with Gasteiger partial charge in [0.1, 0.15) is 6.10 Å². The number of esters is 1. The first-order chi connectivity index (χ1) is 10.3. The number of hydrogen-bond acceptors (Lipinski definition) is 4. The monoisotopic (exact) mass is 303 g/mol. The van der Waals surface area contributed by atoms with Crippen molar-refractivity contribution in [3.63, 3.8) is 0 Å². The van der Waals surface area contributed by atoms with Gasteiger partial charge in [-0.15, -0.1) is 11.3 Å². The molecule has 0 saturated heterocycles. The first kappa shape index (κ1) is 14.5. The van der Waals surface area contributed by atoms with Crippen LogP contribution in [0.3, 0.4) is 0 Å². The molecular weight excluding hydrogens is 282 g/mol. The second-order valence-corrected chi connectivity index (χ2v) is 6.79. The fraction of sp³-hybridized carbons (Fsp3) is 0.529. The highest BCUT2D eigenvalue weighted by Crippen LogP contribution is 2.23. The summed E-state index contributed by atoms with van der Waals surface area (Å²) in [7, 11) is 0. The van der Waals surface area contributed by atoms with Gasteiger partial charge in [-0.25, -0.2) is 4.98 Å². The molecule has 1 aliphatic carbocycles. The maximum absolute atomic E-state index is 11.8. The Kier molecular flexibility index (Phi) is 4.86. The van der Waals surface area contributed by atoms with Crippen molar-refractivity contribution >= 4 is 27.5 Å². The summed E-state index contributed by atoms with van der Waals surface area (Å²) in [6, 6.07) is 8.17. The van der Waals surface area contributed by atoms with Crippen LogP contribution in [-0.4, -0.2) is 17.1 Å². The molecule has 0 unspecified atom stereocenters. The van der Waals surface area contributed by atoms with Crippen molar-refractivity contribution in [3.05, 3.63) is 29.3 Å². The van der Waals surface area contributed by atoms with Crippen LogP contribution in [-0.2, 0) is 16.0 Å². The van der Waals surface area contributed by atoms with Gasteiger partial charge in [0.05, 0.1) is 15.2 Å². The number of ether oxygens (including phenoxy) is 1. The lowest BCUT2D eigenvalue weighted by Crippen LogP contribution is -2.20. The Hall–Kier alpha value is -1.42. The molecule has 0 aliphatic heterocycles. The van der Waals surface area contributed by atoms with E-state index in [-0.39, 0.29) is 12.1 Å². The maximum Gasteiger partial charge on any atom is 0.306 e. The molecule has 1 saturated carbocycles. The average Bonchev–Trinajstić information content (AvgIpc) is 2.91. The van der Waals surface area contributed by atoms with Gasteiger partial charge in [-0.1, -0.05) is 18.6 Å². The number of rotatable bonds is 5. The molecular formula is C17H21NO2S. The van der Waals surface area contributed by atoms with Gasteiger partial charge in [0.2, 0.25) is 0 Å². The fourth-order valence-electron chi connectivity index (χ4n) is 2.84. The molecule has 112 valence electrons. The highest BCUT2D eigenvalue weighted by atomic mass is 32.1. The Morgan fingerprint density at radius 1 is 1.24 bits per heavy atom. The van der Waals surface area contributed by atoms with Gasteiger partial charge in [0, 0.05) is 6.42 Å². The zero-order valence-corrected chi connectivity index (χ0v) is 13.0. The van der Waals surface area contributed by atoms with Gasteiger partial charge < -0.3 is 4.74 Å². The molecule has 1 aromatic carbocycles. The lowest BCUT2D eigenvalue weighted by molar-refractivity contribution is -0.150. The quantitative estimate of drug-likeness (QED) is 0.764. The number of fused-ring (bicyclic) bond motifs is 1. The van der Waals surface area contributed by atoms with Crippen LogP contribution in [0.15, 0.2) is 24.3 Å². The number of aromatic nitrogens is 1. The van der Waals surface area contributed by atoms with Gasteiger partial charge in [0.25, 0.3) is 0 Å². The number of carbonyl (C=O) groups is 1. The Bertz CT molecular complexity index is 569. The van der Waals surface area contributed by atoms with E-state index in [1.807, 2.05) is 18.2 Å². The third-order valence-electron chi connectivity index (χ3n) is 3.96. The van der Waals surface area contributed by atoms with Gasteiger partial charge in [-0.2, -0.15) is 0 Å². The van der Waals surface area contributed by atoms with Crippen LogP contribution >= 0.6 is 11.3 Å². The van der Waals surface area contributed by atoms with Crippen LogP contribution < -0.4 is 0 Å². The zero-order valence-electron chi connectivity index (χ0n) is 12.2. The largest absolute Gasteiger partial charge is 0.462 e. The molecule has 3 nitrogen and oxygen atoms in total. The van der Waals surface area contributed by atoms with Crippen molar-refractivity contribution in [2.45, 2.75) is 57.5 Å². The van der Waals surface area contributed by atoms with Gasteiger partial charge in [-0.3, -0.25) is 4.79 Å². The third-order valence-corrected chi connectivity index (χ3v) is 5.06. The molecule has 1 fully saturated rings. The van der Waals surface area contributed by atoms with Crippen molar-refractivity contribution in [3.8, 4) is 0 Å². The minimum atomic E-state index is -0.0389. The Labute approximate surface area is 129 Å². The molecule has 21 heavy (non-hydrogen) atoms. The summed E-state index contributed by atoms with van der Waals surface area (Å²) in [5.41, 5.74) is 1.06. The molecule has 0 spiro atoms. The Balaban J connectivity index is 1.43. The number of thiazole rings is 1. The second kappa shape index (κ2) is 7.03. The number of nitrogens with zero attached hydrogens (tertiary/aromatic N) is 1. The van der Waals surface area contributed by atoms with Gasteiger partial charge >= 0.3 is 5.97 Å². The summed E-state index contributed by atoms with van der Waals surface area (Å²) in [4.78, 5) is 16.4. The molecule has 2 aromatic rings. The molecule has 0 radical (unpaired) electrons. The molecule has 3 rings (SSSR count). The summed E-state index contributed by atoms with van der Waals surface area (Å²) in [5, 5.41) is 1.11. The van der Waals surface area contributed by atoms with E-state index in [0.717, 1.165) is 36.2 Å². The molecule has 0 bridgehead atoms. The van der Waals surface area contributed by atoms with Gasteiger partial charge in [0.15, 0.2) is 0 Å². The first-order valence-corrected chi connectivity index (χ1v) is 8.67. The lowest BCUT2D eigenvalue weighted by Gasteiger charge is -2.21. The molecule has 1 aliphatic rings. The van der Waals surface area contributed by atoms with Crippen LogP contribution in [0, 0.1) is 0 Å². The maximum atomic E-state index is 11.8. The molecule has 1 heterocycles. The van der Waals surface area contributed by atoms with E-state index >= 15 is 0 Å². The average molecular weight is 303 g/mol. The van der Waals surface area contributed by atoms with Crippen molar-refractivity contribution < 1.29 is 9.53 Å². The summed E-state index contributed by atoms with van der Waals surface area (Å²) in [6.45, 7) is 0. The number of aryl methyl sites for hydroxylation is 1. The van der Waals surface area contributed by atoms with E-state index in [1.165, 1.54) is 24.0 Å². The number of para-hydroxylation sites is 1. The Morgan fingerprint density at radius 2 is 2.05 bits per heavy atom. The highest BCUT2D eigenvalue weighted by molar-refractivity contribution is 7.18. The van der Waals surface area contributed by atoms with Crippen LogP contribution in [0.5, 0.6) is 0 Å². The Morgan fingerprint density at radius 3 is 2.86 bits per heavy atom. The standard InChI is InChI=1S/C17H21NO2S/c19-17(20-13-7-2-1-3-8-13)12-6-11-16-18-14-9-4-5-10-15(14)21-16/h4-5,9-10,13H,1-3,6-8,11-12H2. The van der Waals surface area contributed by atoms with Crippen LogP contribution in [0.25, 0.3) is 10.2 Å². The normalized spacial score (nSPS) is 16.2. The minimum Gasteiger partial charge on any atom is -0.462 e. The predicted molar refractivity (Wildman–Crippen MR) is 85.5 cm³/mol. The van der Waals surface area contributed by atoms with E-state index in [1.54, 1.807) is 11.3 Å². The number of carbonyl (C=O) groups excluding carboxylic acids is 1. The third kappa shape index (κ3) is 4.03. The van der Waals surface area contributed by atoms with Crippen molar-refractivity contribution in [1.29, 1.82) is 0 Å². The van der Waals surface area contributed by atoms with Crippen molar-refractivity contribution in [1.82, 2.24) is 4.98 Å². The molecule has 4 heteroatoms. The molecule has 1 aromatic heterocycles. The van der Waals surface area contributed by atoms with E-state index in [2.05, 4.69) is 11.1 Å². The lowest BCUT2D eigenvalue weighted by atomic mass is 9.98. The second-order valence-electron chi connectivity index (χ2n) is 5.68. The smallest absolute Gasteiger partial charge is 0.306 e. The predicted octanol–water partition coefficient (Wildman–Crippen LogP) is 4.49. The summed E-state index contributed by atoms with van der Waals surface area (Å²) in [5.74, 6) is -0.0389. The van der Waals surface area contributed by atoms with E-state index < -0.39 is 0 Å². The van der Waals surface area contributed by atoms with Crippen LogP contribution in [0.4, 0.5) is 0 Å². The van der Waals surface area contributed by atoms with Crippen molar-refractivity contribution in [2.75, 3.05) is 0 Å². The number of benzene rings is 1.